The second kappa shape index (κ2) is 7.67. The molecule has 1 aliphatic carbocycles. The van der Waals surface area contributed by atoms with Gasteiger partial charge in [-0.1, -0.05) is 13.3 Å². The van der Waals surface area contributed by atoms with Crippen LogP contribution in [0.3, 0.4) is 0 Å². The van der Waals surface area contributed by atoms with E-state index in [0.29, 0.717) is 12.5 Å². The summed E-state index contributed by atoms with van der Waals surface area (Å²) < 4.78 is 0. The highest BCUT2D eigenvalue weighted by Crippen LogP contribution is 2.24. The molecule has 0 aromatic carbocycles. The van der Waals surface area contributed by atoms with E-state index in [1.54, 1.807) is 0 Å². The minimum atomic E-state index is -0.125. The molecule has 0 heterocycles. The van der Waals surface area contributed by atoms with Crippen molar-refractivity contribution in [2.24, 2.45) is 5.92 Å². The molecule has 0 saturated heterocycles. The van der Waals surface area contributed by atoms with Crippen molar-refractivity contribution < 1.29 is 9.90 Å². The van der Waals surface area contributed by atoms with Gasteiger partial charge in [0.2, 0.25) is 5.91 Å². The van der Waals surface area contributed by atoms with Crippen LogP contribution in [-0.4, -0.2) is 36.2 Å². The van der Waals surface area contributed by atoms with Crippen molar-refractivity contribution in [3.63, 3.8) is 0 Å². The van der Waals surface area contributed by atoms with Gasteiger partial charge in [-0.2, -0.15) is 0 Å². The Morgan fingerprint density at radius 3 is 2.82 bits per heavy atom. The van der Waals surface area contributed by atoms with Gasteiger partial charge in [0, 0.05) is 6.04 Å². The average molecular weight is 242 g/mol. The summed E-state index contributed by atoms with van der Waals surface area (Å²) in [6.45, 7) is 5.38. The first kappa shape index (κ1) is 14.5. The lowest BCUT2D eigenvalue weighted by molar-refractivity contribution is -0.120. The van der Waals surface area contributed by atoms with Crippen molar-refractivity contribution in [3.8, 4) is 0 Å². The Morgan fingerprint density at radius 2 is 2.24 bits per heavy atom. The van der Waals surface area contributed by atoms with E-state index >= 15 is 0 Å². The molecule has 100 valence electrons. The Bertz CT molecular complexity index is 233. The summed E-state index contributed by atoms with van der Waals surface area (Å²) in [5.41, 5.74) is 0. The van der Waals surface area contributed by atoms with E-state index in [1.807, 2.05) is 6.92 Å². The highest BCUT2D eigenvalue weighted by molar-refractivity contribution is 5.78. The van der Waals surface area contributed by atoms with Crippen LogP contribution in [0.5, 0.6) is 0 Å². The second-order valence-corrected chi connectivity index (χ2v) is 5.22. The zero-order valence-corrected chi connectivity index (χ0v) is 11.0. The fraction of sp³-hybridized carbons (Fsp3) is 0.923. The van der Waals surface area contributed by atoms with Gasteiger partial charge in [0.15, 0.2) is 0 Å². The zero-order chi connectivity index (χ0) is 12.7. The van der Waals surface area contributed by atoms with Crippen molar-refractivity contribution >= 4 is 5.91 Å². The third-order valence-corrected chi connectivity index (χ3v) is 3.36. The summed E-state index contributed by atoms with van der Waals surface area (Å²) in [5.74, 6) is 0.607. The van der Waals surface area contributed by atoms with Gasteiger partial charge in [0.25, 0.3) is 0 Å². The molecule has 1 aliphatic rings. The second-order valence-electron chi connectivity index (χ2n) is 5.22. The molecule has 0 aliphatic heterocycles. The highest BCUT2D eigenvalue weighted by atomic mass is 16.3. The maximum absolute atomic E-state index is 11.5. The number of hydrogen-bond donors (Lipinski definition) is 3. The van der Waals surface area contributed by atoms with Crippen LogP contribution < -0.4 is 10.6 Å². The molecular formula is C13H26N2O2. The molecule has 1 amide bonds. The molecule has 3 unspecified atom stereocenters. The van der Waals surface area contributed by atoms with Gasteiger partial charge in [0.05, 0.1) is 12.6 Å². The van der Waals surface area contributed by atoms with E-state index < -0.39 is 0 Å². The molecule has 0 spiro atoms. The molecule has 17 heavy (non-hydrogen) atoms. The summed E-state index contributed by atoms with van der Waals surface area (Å²) in [7, 11) is 0. The van der Waals surface area contributed by atoms with E-state index in [9.17, 15) is 9.90 Å². The summed E-state index contributed by atoms with van der Waals surface area (Å²) in [5, 5.41) is 15.5. The Labute approximate surface area is 104 Å². The van der Waals surface area contributed by atoms with Crippen LogP contribution in [0.2, 0.25) is 0 Å². The molecule has 0 aromatic heterocycles. The van der Waals surface area contributed by atoms with Crippen LogP contribution in [0, 0.1) is 5.92 Å². The van der Waals surface area contributed by atoms with Crippen LogP contribution in [0.15, 0.2) is 0 Å². The number of carbonyl (C=O) groups excluding carboxylic acids is 1. The third kappa shape index (κ3) is 6.03. The summed E-state index contributed by atoms with van der Waals surface area (Å²) in [6.07, 6.45) is 4.85. The Balaban J connectivity index is 2.04. The molecule has 0 aromatic rings. The van der Waals surface area contributed by atoms with E-state index in [1.165, 1.54) is 0 Å². The zero-order valence-electron chi connectivity index (χ0n) is 11.0. The van der Waals surface area contributed by atoms with Gasteiger partial charge < -0.3 is 15.7 Å². The van der Waals surface area contributed by atoms with Gasteiger partial charge in [-0.3, -0.25) is 4.79 Å². The molecule has 3 N–H and O–H groups in total. The Kier molecular flexibility index (Phi) is 6.52. The minimum absolute atomic E-state index is 0.0736. The Hall–Kier alpha value is -0.610. The quantitative estimate of drug-likeness (QED) is 0.625. The standard InChI is InChI=1S/C13H26N2O2/c1-3-4-10(2)15-13(17)9-14-8-11-5-6-12(16)7-11/h10-12,14,16H,3-9H2,1-2H3,(H,15,17). The summed E-state index contributed by atoms with van der Waals surface area (Å²) >= 11 is 0. The summed E-state index contributed by atoms with van der Waals surface area (Å²) in [6, 6.07) is 0.266. The predicted octanol–water partition coefficient (Wildman–Crippen LogP) is 1.04. The van der Waals surface area contributed by atoms with Crippen LogP contribution in [-0.2, 0) is 4.79 Å². The monoisotopic (exact) mass is 242 g/mol. The lowest BCUT2D eigenvalue weighted by Crippen LogP contribution is -2.40. The number of carbonyl (C=O) groups is 1. The molecule has 1 saturated carbocycles. The van der Waals surface area contributed by atoms with Gasteiger partial charge in [-0.15, -0.1) is 0 Å². The molecule has 4 heteroatoms. The van der Waals surface area contributed by atoms with Crippen LogP contribution in [0.25, 0.3) is 0 Å². The number of amides is 1. The van der Waals surface area contributed by atoms with Crippen molar-refractivity contribution in [2.75, 3.05) is 13.1 Å². The van der Waals surface area contributed by atoms with E-state index in [4.69, 9.17) is 0 Å². The Morgan fingerprint density at radius 1 is 1.47 bits per heavy atom. The molecule has 0 bridgehead atoms. The maximum Gasteiger partial charge on any atom is 0.234 e. The number of nitrogens with one attached hydrogen (secondary N) is 2. The first-order chi connectivity index (χ1) is 8.11. The molecule has 1 fully saturated rings. The lowest BCUT2D eigenvalue weighted by Gasteiger charge is -2.14. The molecular weight excluding hydrogens is 216 g/mol. The van der Waals surface area contributed by atoms with Crippen molar-refractivity contribution in [1.82, 2.24) is 10.6 Å². The van der Waals surface area contributed by atoms with Crippen LogP contribution in [0.1, 0.15) is 46.0 Å². The van der Waals surface area contributed by atoms with Crippen LogP contribution >= 0.6 is 0 Å². The summed E-state index contributed by atoms with van der Waals surface area (Å²) in [4.78, 5) is 11.5. The first-order valence-electron chi connectivity index (χ1n) is 6.80. The normalized spacial score (nSPS) is 25.8. The van der Waals surface area contributed by atoms with E-state index in [0.717, 1.165) is 38.6 Å². The average Bonchev–Trinajstić information content (AvgIpc) is 2.64. The number of rotatable bonds is 7. The SMILES string of the molecule is CCCC(C)NC(=O)CNCC1CCC(O)C1. The molecule has 3 atom stereocenters. The van der Waals surface area contributed by atoms with E-state index in [2.05, 4.69) is 17.6 Å². The number of aliphatic hydroxyl groups excluding tert-OH is 1. The van der Waals surface area contributed by atoms with Gasteiger partial charge in [0.1, 0.15) is 0 Å². The van der Waals surface area contributed by atoms with E-state index in [-0.39, 0.29) is 18.1 Å². The molecule has 4 nitrogen and oxygen atoms in total. The maximum atomic E-state index is 11.5. The van der Waals surface area contributed by atoms with Gasteiger partial charge >= 0.3 is 0 Å². The van der Waals surface area contributed by atoms with Gasteiger partial charge in [-0.05, 0) is 45.1 Å². The highest BCUT2D eigenvalue weighted by Gasteiger charge is 2.22. The number of aliphatic hydroxyl groups is 1. The first-order valence-corrected chi connectivity index (χ1v) is 6.80. The fourth-order valence-electron chi connectivity index (χ4n) is 2.45. The van der Waals surface area contributed by atoms with Crippen molar-refractivity contribution in [1.29, 1.82) is 0 Å². The topological polar surface area (TPSA) is 61.4 Å². The fourth-order valence-corrected chi connectivity index (χ4v) is 2.45. The largest absolute Gasteiger partial charge is 0.393 e. The third-order valence-electron chi connectivity index (χ3n) is 3.36. The predicted molar refractivity (Wildman–Crippen MR) is 68.7 cm³/mol. The minimum Gasteiger partial charge on any atom is -0.393 e. The number of hydrogen-bond acceptors (Lipinski definition) is 3. The van der Waals surface area contributed by atoms with Crippen LogP contribution in [0.4, 0.5) is 0 Å². The molecule has 0 radical (unpaired) electrons. The van der Waals surface area contributed by atoms with Crippen molar-refractivity contribution in [2.45, 2.75) is 58.1 Å². The van der Waals surface area contributed by atoms with Crippen molar-refractivity contribution in [3.05, 3.63) is 0 Å². The molecule has 1 rings (SSSR count). The van der Waals surface area contributed by atoms with Gasteiger partial charge in [-0.25, -0.2) is 0 Å². The smallest absolute Gasteiger partial charge is 0.234 e. The lowest BCUT2D eigenvalue weighted by atomic mass is 10.1.